The van der Waals surface area contributed by atoms with E-state index in [-0.39, 0.29) is 18.7 Å². The molecule has 0 fully saturated rings. The molecule has 2 atom stereocenters. The predicted molar refractivity (Wildman–Crippen MR) is 60.9 cm³/mol. The number of aryl methyl sites for hydroxylation is 1. The van der Waals surface area contributed by atoms with Crippen molar-refractivity contribution >= 4 is 0 Å². The number of hydrogen-bond donors (Lipinski definition) is 2. The van der Waals surface area contributed by atoms with E-state index in [9.17, 15) is 0 Å². The second-order valence-electron chi connectivity index (χ2n) is 4.41. The van der Waals surface area contributed by atoms with Gasteiger partial charge < -0.3 is 14.8 Å². The molecule has 16 heavy (non-hydrogen) atoms. The van der Waals surface area contributed by atoms with Crippen molar-refractivity contribution < 1.29 is 9.52 Å². The first-order chi connectivity index (χ1) is 7.54. The molecule has 92 valence electrons. The Bertz CT molecular complexity index is 312. The summed E-state index contributed by atoms with van der Waals surface area (Å²) in [7, 11) is 0. The molecular weight excluding hydrogens is 206 g/mol. The van der Waals surface area contributed by atoms with Gasteiger partial charge in [-0.2, -0.15) is 0 Å². The SMILES string of the molecule is Cc1nnc([C@@H](C)N[C@H](CCO)C(C)C)o1. The molecule has 0 saturated heterocycles. The lowest BCUT2D eigenvalue weighted by molar-refractivity contribution is 0.230. The zero-order valence-corrected chi connectivity index (χ0v) is 10.4. The fraction of sp³-hybridized carbons (Fsp3) is 0.818. The minimum Gasteiger partial charge on any atom is -0.424 e. The topological polar surface area (TPSA) is 71.2 Å². The molecule has 1 aromatic heterocycles. The summed E-state index contributed by atoms with van der Waals surface area (Å²) in [4.78, 5) is 0. The van der Waals surface area contributed by atoms with Crippen LogP contribution >= 0.6 is 0 Å². The Kier molecular flexibility index (Phi) is 4.89. The van der Waals surface area contributed by atoms with Crippen molar-refractivity contribution in [1.29, 1.82) is 0 Å². The van der Waals surface area contributed by atoms with Gasteiger partial charge in [-0.1, -0.05) is 13.8 Å². The molecule has 0 aliphatic rings. The molecule has 2 N–H and O–H groups in total. The third-order valence-electron chi connectivity index (χ3n) is 2.62. The first-order valence-corrected chi connectivity index (χ1v) is 5.71. The summed E-state index contributed by atoms with van der Waals surface area (Å²) in [6.45, 7) is 8.19. The van der Waals surface area contributed by atoms with Gasteiger partial charge in [0.2, 0.25) is 11.8 Å². The lowest BCUT2D eigenvalue weighted by atomic mass is 10.0. The van der Waals surface area contributed by atoms with Crippen molar-refractivity contribution in [3.8, 4) is 0 Å². The van der Waals surface area contributed by atoms with E-state index in [0.717, 1.165) is 6.42 Å². The molecule has 1 rings (SSSR count). The van der Waals surface area contributed by atoms with Crippen molar-refractivity contribution in [1.82, 2.24) is 15.5 Å². The fourth-order valence-corrected chi connectivity index (χ4v) is 1.63. The van der Waals surface area contributed by atoms with Crippen LogP contribution in [-0.2, 0) is 0 Å². The third-order valence-corrected chi connectivity index (χ3v) is 2.62. The van der Waals surface area contributed by atoms with Gasteiger partial charge in [0.05, 0.1) is 6.04 Å². The summed E-state index contributed by atoms with van der Waals surface area (Å²) in [6, 6.07) is 0.271. The highest BCUT2D eigenvalue weighted by atomic mass is 16.4. The molecule has 0 amide bonds. The van der Waals surface area contributed by atoms with Gasteiger partial charge in [0.1, 0.15) is 0 Å². The van der Waals surface area contributed by atoms with Crippen LogP contribution in [0.25, 0.3) is 0 Å². The Hall–Kier alpha value is -0.940. The molecule has 0 aliphatic carbocycles. The molecule has 1 heterocycles. The van der Waals surface area contributed by atoms with Crippen LogP contribution in [0.15, 0.2) is 4.42 Å². The molecule has 0 bridgehead atoms. The van der Waals surface area contributed by atoms with Crippen LogP contribution in [0.2, 0.25) is 0 Å². The van der Waals surface area contributed by atoms with Gasteiger partial charge >= 0.3 is 0 Å². The number of aliphatic hydroxyl groups is 1. The largest absolute Gasteiger partial charge is 0.424 e. The zero-order valence-electron chi connectivity index (χ0n) is 10.4. The van der Waals surface area contributed by atoms with Crippen LogP contribution in [0.4, 0.5) is 0 Å². The number of hydrogen-bond acceptors (Lipinski definition) is 5. The van der Waals surface area contributed by atoms with Crippen LogP contribution in [-0.4, -0.2) is 28.0 Å². The average molecular weight is 227 g/mol. The van der Waals surface area contributed by atoms with Crippen LogP contribution in [0.1, 0.15) is 45.0 Å². The Balaban J connectivity index is 2.57. The number of aliphatic hydroxyl groups excluding tert-OH is 1. The molecule has 0 unspecified atom stereocenters. The van der Waals surface area contributed by atoms with Crippen molar-refractivity contribution in [3.05, 3.63) is 11.8 Å². The molecule has 0 spiro atoms. The lowest BCUT2D eigenvalue weighted by Crippen LogP contribution is -2.36. The maximum absolute atomic E-state index is 8.98. The van der Waals surface area contributed by atoms with Gasteiger partial charge in [-0.15, -0.1) is 10.2 Å². The summed E-state index contributed by atoms with van der Waals surface area (Å²) >= 11 is 0. The van der Waals surface area contributed by atoms with E-state index >= 15 is 0 Å². The molecule has 5 heteroatoms. The first kappa shape index (κ1) is 13.1. The van der Waals surface area contributed by atoms with E-state index in [1.165, 1.54) is 0 Å². The van der Waals surface area contributed by atoms with E-state index in [0.29, 0.717) is 17.7 Å². The molecule has 0 radical (unpaired) electrons. The maximum atomic E-state index is 8.98. The molecule has 0 saturated carbocycles. The average Bonchev–Trinajstić information content (AvgIpc) is 2.64. The minimum absolute atomic E-state index is 0.0140. The normalized spacial score (nSPS) is 15.4. The standard InChI is InChI=1S/C11H21N3O2/c1-7(2)10(5-6-15)12-8(3)11-14-13-9(4)16-11/h7-8,10,12,15H,5-6H2,1-4H3/t8-,10-/m1/s1. The van der Waals surface area contributed by atoms with Crippen LogP contribution in [0, 0.1) is 12.8 Å². The van der Waals surface area contributed by atoms with Crippen molar-refractivity contribution in [2.75, 3.05) is 6.61 Å². The Labute approximate surface area is 96.3 Å². The van der Waals surface area contributed by atoms with Gasteiger partial charge in [0.25, 0.3) is 0 Å². The van der Waals surface area contributed by atoms with Crippen molar-refractivity contribution in [2.45, 2.75) is 46.2 Å². The van der Waals surface area contributed by atoms with Gasteiger partial charge in [0.15, 0.2) is 0 Å². The summed E-state index contributed by atoms with van der Waals surface area (Å²) in [6.07, 6.45) is 0.731. The van der Waals surface area contributed by atoms with Gasteiger partial charge in [-0.3, -0.25) is 0 Å². The number of aromatic nitrogens is 2. The van der Waals surface area contributed by atoms with Crippen LogP contribution in [0.3, 0.4) is 0 Å². The van der Waals surface area contributed by atoms with E-state index in [2.05, 4.69) is 29.4 Å². The Morgan fingerprint density at radius 2 is 2.00 bits per heavy atom. The lowest BCUT2D eigenvalue weighted by Gasteiger charge is -2.24. The zero-order chi connectivity index (χ0) is 12.1. The molecular formula is C11H21N3O2. The van der Waals surface area contributed by atoms with Gasteiger partial charge in [-0.05, 0) is 19.3 Å². The van der Waals surface area contributed by atoms with Crippen LogP contribution < -0.4 is 5.32 Å². The van der Waals surface area contributed by atoms with E-state index in [1.54, 1.807) is 6.92 Å². The molecule has 5 nitrogen and oxygen atoms in total. The van der Waals surface area contributed by atoms with Gasteiger partial charge in [-0.25, -0.2) is 0 Å². The highest BCUT2D eigenvalue weighted by Crippen LogP contribution is 2.15. The van der Waals surface area contributed by atoms with Crippen molar-refractivity contribution in [2.24, 2.45) is 5.92 Å². The highest BCUT2D eigenvalue weighted by molar-refractivity contribution is 4.88. The second-order valence-corrected chi connectivity index (χ2v) is 4.41. The second kappa shape index (κ2) is 5.96. The summed E-state index contributed by atoms with van der Waals surface area (Å²) < 4.78 is 5.36. The Morgan fingerprint density at radius 1 is 1.31 bits per heavy atom. The number of rotatable bonds is 6. The van der Waals surface area contributed by atoms with Crippen molar-refractivity contribution in [3.63, 3.8) is 0 Å². The Morgan fingerprint density at radius 3 is 2.44 bits per heavy atom. The van der Waals surface area contributed by atoms with E-state index in [4.69, 9.17) is 9.52 Å². The quantitative estimate of drug-likeness (QED) is 0.769. The number of nitrogens with one attached hydrogen (secondary N) is 1. The highest BCUT2D eigenvalue weighted by Gasteiger charge is 2.19. The monoisotopic (exact) mass is 227 g/mol. The van der Waals surface area contributed by atoms with Crippen LogP contribution in [0.5, 0.6) is 0 Å². The minimum atomic E-state index is 0.0140. The van der Waals surface area contributed by atoms with E-state index in [1.807, 2.05) is 6.92 Å². The maximum Gasteiger partial charge on any atom is 0.233 e. The predicted octanol–water partition coefficient (Wildman–Crippen LogP) is 1.44. The molecule has 0 aromatic carbocycles. The van der Waals surface area contributed by atoms with E-state index < -0.39 is 0 Å². The fourth-order valence-electron chi connectivity index (χ4n) is 1.63. The summed E-state index contributed by atoms with van der Waals surface area (Å²) in [5, 5.41) is 20.1. The molecule has 0 aliphatic heterocycles. The third kappa shape index (κ3) is 3.57. The van der Waals surface area contributed by atoms with Gasteiger partial charge in [0, 0.05) is 19.6 Å². The number of nitrogens with zero attached hydrogens (tertiary/aromatic N) is 2. The molecule has 1 aromatic rings. The first-order valence-electron chi connectivity index (χ1n) is 5.71. The summed E-state index contributed by atoms with van der Waals surface area (Å²) in [5.41, 5.74) is 0. The summed E-state index contributed by atoms with van der Waals surface area (Å²) in [5.74, 6) is 1.63. The smallest absolute Gasteiger partial charge is 0.233 e.